The Labute approximate surface area is 144 Å². The lowest BCUT2D eigenvalue weighted by Gasteiger charge is -2.14. The van der Waals surface area contributed by atoms with Crippen LogP contribution in [0.2, 0.25) is 0 Å². The van der Waals surface area contributed by atoms with E-state index in [9.17, 15) is 14.8 Å². The fraction of sp³-hybridized carbons (Fsp3) is 0.0526. The van der Waals surface area contributed by atoms with E-state index >= 15 is 0 Å². The third kappa shape index (κ3) is 3.76. The molecule has 0 atom stereocenters. The maximum Gasteiger partial charge on any atom is 0.277 e. The maximum atomic E-state index is 12.2. The monoisotopic (exact) mass is 336 g/mol. The lowest BCUT2D eigenvalue weighted by Crippen LogP contribution is -2.26. The van der Waals surface area contributed by atoms with Gasteiger partial charge < -0.3 is 10.2 Å². The Hall–Kier alpha value is -3.38. The average molecular weight is 336 g/mol. The summed E-state index contributed by atoms with van der Waals surface area (Å²) in [5.74, 6) is -0.981. The Morgan fingerprint density at radius 3 is 1.96 bits per heavy atom. The number of hydroxylamine groups is 2. The molecule has 3 aromatic rings. The summed E-state index contributed by atoms with van der Waals surface area (Å²) >= 11 is 0. The van der Waals surface area contributed by atoms with Crippen LogP contribution < -0.4 is 5.73 Å². The second-order valence-electron chi connectivity index (χ2n) is 5.51. The van der Waals surface area contributed by atoms with Crippen LogP contribution in [0.3, 0.4) is 0 Å². The fourth-order valence-corrected chi connectivity index (χ4v) is 2.41. The van der Waals surface area contributed by atoms with Crippen molar-refractivity contribution in [2.75, 3.05) is 0 Å². The first-order chi connectivity index (χ1) is 12.0. The molecule has 0 aliphatic carbocycles. The molecule has 3 rings (SSSR count). The van der Waals surface area contributed by atoms with Crippen molar-refractivity contribution in [3.63, 3.8) is 0 Å². The van der Waals surface area contributed by atoms with Crippen LogP contribution in [0.1, 0.15) is 26.3 Å². The molecule has 1 heterocycles. The average Bonchev–Trinajstić information content (AvgIpc) is 3.14. The lowest BCUT2D eigenvalue weighted by atomic mass is 10.0. The molecule has 0 aliphatic heterocycles. The van der Waals surface area contributed by atoms with Gasteiger partial charge in [-0.05, 0) is 41.5 Å². The van der Waals surface area contributed by atoms with E-state index in [0.29, 0.717) is 21.8 Å². The van der Waals surface area contributed by atoms with Crippen LogP contribution in [0.4, 0.5) is 0 Å². The first-order valence-electron chi connectivity index (χ1n) is 7.57. The highest BCUT2D eigenvalue weighted by Crippen LogP contribution is 2.21. The molecular formula is C19H16N2O4. The second kappa shape index (κ2) is 7.02. The van der Waals surface area contributed by atoms with Gasteiger partial charge in [0.1, 0.15) is 0 Å². The van der Waals surface area contributed by atoms with Crippen LogP contribution in [-0.2, 0) is 6.54 Å². The van der Waals surface area contributed by atoms with E-state index < -0.39 is 11.8 Å². The van der Waals surface area contributed by atoms with Crippen molar-refractivity contribution in [2.24, 2.45) is 5.73 Å². The van der Waals surface area contributed by atoms with Gasteiger partial charge in [0, 0.05) is 16.7 Å². The van der Waals surface area contributed by atoms with Crippen molar-refractivity contribution in [3.8, 4) is 11.1 Å². The molecule has 25 heavy (non-hydrogen) atoms. The Morgan fingerprint density at radius 1 is 0.920 bits per heavy atom. The number of hydrogen-bond acceptors (Lipinski definition) is 4. The van der Waals surface area contributed by atoms with Crippen LogP contribution in [0, 0.1) is 0 Å². The highest BCUT2D eigenvalue weighted by atomic mass is 16.5. The van der Waals surface area contributed by atoms with Crippen molar-refractivity contribution >= 4 is 11.8 Å². The van der Waals surface area contributed by atoms with Crippen LogP contribution >= 0.6 is 0 Å². The number of rotatable bonds is 5. The van der Waals surface area contributed by atoms with E-state index in [2.05, 4.69) is 0 Å². The number of carbonyl (C=O) groups excluding carboxylic acids is 2. The van der Waals surface area contributed by atoms with Gasteiger partial charge in [-0.1, -0.05) is 24.3 Å². The standard InChI is InChI=1S/C19H16N2O4/c20-18(22)16-5-1-14(2-6-16)15-3-7-17(8-4-15)19(23)21(24)11-13-9-10-25-12-13/h1-10,12,24H,11H2,(H2,20,22). The van der Waals surface area contributed by atoms with Crippen LogP contribution in [0.15, 0.2) is 71.5 Å². The Kier molecular flexibility index (Phi) is 4.63. The zero-order valence-corrected chi connectivity index (χ0v) is 13.3. The summed E-state index contributed by atoms with van der Waals surface area (Å²) in [7, 11) is 0. The number of nitrogens with two attached hydrogens (primary N) is 1. The minimum Gasteiger partial charge on any atom is -0.472 e. The minimum absolute atomic E-state index is 0.0473. The highest BCUT2D eigenvalue weighted by Gasteiger charge is 2.14. The molecule has 0 aliphatic rings. The summed E-state index contributed by atoms with van der Waals surface area (Å²) in [6.07, 6.45) is 2.95. The Morgan fingerprint density at radius 2 is 1.48 bits per heavy atom. The molecule has 0 bridgehead atoms. The molecule has 3 N–H and O–H groups in total. The molecule has 0 saturated heterocycles. The van der Waals surface area contributed by atoms with Crippen LogP contribution in [0.5, 0.6) is 0 Å². The zero-order chi connectivity index (χ0) is 17.8. The molecular weight excluding hydrogens is 320 g/mol. The first-order valence-corrected chi connectivity index (χ1v) is 7.57. The lowest BCUT2D eigenvalue weighted by molar-refractivity contribution is -0.0648. The number of hydrogen-bond donors (Lipinski definition) is 2. The molecule has 2 aromatic carbocycles. The van der Waals surface area contributed by atoms with E-state index in [4.69, 9.17) is 10.2 Å². The summed E-state index contributed by atoms with van der Waals surface area (Å²) in [6, 6.07) is 15.4. The van der Waals surface area contributed by atoms with E-state index in [-0.39, 0.29) is 6.54 Å². The van der Waals surface area contributed by atoms with E-state index in [1.54, 1.807) is 54.6 Å². The Balaban J connectivity index is 1.73. The predicted octanol–water partition coefficient (Wildman–Crippen LogP) is 3.08. The molecule has 0 saturated carbocycles. The molecule has 2 amide bonds. The topological polar surface area (TPSA) is 96.8 Å². The van der Waals surface area contributed by atoms with E-state index in [0.717, 1.165) is 11.1 Å². The van der Waals surface area contributed by atoms with Gasteiger partial charge in [0.05, 0.1) is 19.1 Å². The zero-order valence-electron chi connectivity index (χ0n) is 13.3. The third-order valence-corrected chi connectivity index (χ3v) is 3.78. The number of carbonyl (C=O) groups is 2. The van der Waals surface area contributed by atoms with Crippen LogP contribution in [-0.4, -0.2) is 22.1 Å². The largest absolute Gasteiger partial charge is 0.472 e. The summed E-state index contributed by atoms with van der Waals surface area (Å²) in [5.41, 5.74) is 8.49. The number of furan rings is 1. The normalized spacial score (nSPS) is 10.4. The molecule has 0 radical (unpaired) electrons. The van der Waals surface area contributed by atoms with Crippen molar-refractivity contribution in [1.82, 2.24) is 5.06 Å². The van der Waals surface area contributed by atoms with Crippen molar-refractivity contribution < 1.29 is 19.2 Å². The van der Waals surface area contributed by atoms with Crippen LogP contribution in [0.25, 0.3) is 11.1 Å². The van der Waals surface area contributed by atoms with E-state index in [1.165, 1.54) is 12.5 Å². The predicted molar refractivity (Wildman–Crippen MR) is 90.8 cm³/mol. The summed E-state index contributed by atoms with van der Waals surface area (Å²) in [4.78, 5) is 23.3. The van der Waals surface area contributed by atoms with Gasteiger partial charge in [0.25, 0.3) is 5.91 Å². The molecule has 126 valence electrons. The van der Waals surface area contributed by atoms with Crippen molar-refractivity contribution in [3.05, 3.63) is 83.8 Å². The van der Waals surface area contributed by atoms with Gasteiger partial charge in [-0.2, -0.15) is 0 Å². The van der Waals surface area contributed by atoms with Crippen molar-refractivity contribution in [1.29, 1.82) is 0 Å². The third-order valence-electron chi connectivity index (χ3n) is 3.78. The first kappa shape index (κ1) is 16.5. The maximum absolute atomic E-state index is 12.2. The summed E-state index contributed by atoms with van der Waals surface area (Å²) < 4.78 is 4.91. The van der Waals surface area contributed by atoms with Gasteiger partial charge >= 0.3 is 0 Å². The number of nitrogens with zero attached hydrogens (tertiary/aromatic N) is 1. The second-order valence-corrected chi connectivity index (χ2v) is 5.51. The Bertz CT molecular complexity index is 869. The fourth-order valence-electron chi connectivity index (χ4n) is 2.41. The molecule has 6 nitrogen and oxygen atoms in total. The van der Waals surface area contributed by atoms with E-state index in [1.807, 2.05) is 0 Å². The van der Waals surface area contributed by atoms with Gasteiger partial charge in [-0.15, -0.1) is 0 Å². The molecule has 6 heteroatoms. The number of benzene rings is 2. The SMILES string of the molecule is NC(=O)c1ccc(-c2ccc(C(=O)N(O)Cc3ccoc3)cc2)cc1. The quantitative estimate of drug-likeness (QED) is 0.553. The van der Waals surface area contributed by atoms with Gasteiger partial charge in [-0.25, -0.2) is 5.06 Å². The van der Waals surface area contributed by atoms with Gasteiger partial charge in [-0.3, -0.25) is 14.8 Å². The smallest absolute Gasteiger partial charge is 0.277 e. The molecule has 0 fully saturated rings. The number of amides is 2. The number of primary amides is 1. The summed E-state index contributed by atoms with van der Waals surface area (Å²) in [5, 5.41) is 10.6. The summed E-state index contributed by atoms with van der Waals surface area (Å²) in [6.45, 7) is 0.0473. The minimum atomic E-state index is -0.503. The van der Waals surface area contributed by atoms with Crippen molar-refractivity contribution in [2.45, 2.75) is 6.54 Å². The van der Waals surface area contributed by atoms with Gasteiger partial charge in [0.2, 0.25) is 5.91 Å². The molecule has 1 aromatic heterocycles. The highest BCUT2D eigenvalue weighted by molar-refractivity contribution is 5.94. The molecule has 0 spiro atoms. The molecule has 0 unspecified atom stereocenters. The van der Waals surface area contributed by atoms with Gasteiger partial charge in [0.15, 0.2) is 0 Å².